The van der Waals surface area contributed by atoms with Crippen molar-refractivity contribution in [1.29, 1.82) is 0 Å². The number of nitrogens with zero attached hydrogens (tertiary/aromatic N) is 2. The number of rotatable bonds is 3. The summed E-state index contributed by atoms with van der Waals surface area (Å²) in [5.74, 6) is 0.0303. The maximum absolute atomic E-state index is 2.75. The van der Waals surface area contributed by atoms with Gasteiger partial charge >= 0.3 is 6.85 Å². The van der Waals surface area contributed by atoms with E-state index in [4.69, 9.17) is 0 Å². The van der Waals surface area contributed by atoms with Gasteiger partial charge in [0.1, 0.15) is 0 Å². The largest absolute Gasteiger partial charge is 0.376 e. The van der Waals surface area contributed by atoms with E-state index in [1.165, 1.54) is 111 Å². The Morgan fingerprint density at radius 1 is 0.500 bits per heavy atom. The van der Waals surface area contributed by atoms with Crippen LogP contribution in [0.15, 0.2) is 158 Å². The minimum absolute atomic E-state index is 0.00901. The van der Waals surface area contributed by atoms with E-state index in [1.807, 2.05) is 0 Å². The van der Waals surface area contributed by atoms with E-state index in [-0.39, 0.29) is 23.6 Å². The lowest BCUT2D eigenvalue weighted by atomic mass is 9.42. The van der Waals surface area contributed by atoms with Gasteiger partial charge in [0.2, 0.25) is 0 Å². The van der Waals surface area contributed by atoms with Crippen LogP contribution in [-0.2, 0) is 10.8 Å². The van der Waals surface area contributed by atoms with Crippen molar-refractivity contribution in [2.24, 2.45) is 0 Å². The van der Waals surface area contributed by atoms with Crippen molar-refractivity contribution >= 4 is 61.7 Å². The van der Waals surface area contributed by atoms with Crippen LogP contribution < -0.4 is 15.7 Å². The maximum Gasteiger partial charge on any atom is 0.333 e. The molecule has 0 saturated carbocycles. The third kappa shape index (κ3) is 3.53. The zero-order valence-electron chi connectivity index (χ0n) is 32.1. The van der Waals surface area contributed by atoms with Gasteiger partial charge in [0.05, 0.1) is 11.0 Å². The zero-order valence-corrected chi connectivity index (χ0v) is 32.1. The molecule has 4 aliphatic heterocycles. The van der Waals surface area contributed by atoms with Crippen molar-refractivity contribution in [1.82, 2.24) is 4.57 Å². The molecule has 0 saturated heterocycles. The van der Waals surface area contributed by atoms with Crippen LogP contribution in [0.3, 0.4) is 0 Å². The van der Waals surface area contributed by atoms with Gasteiger partial charge in [-0.3, -0.25) is 0 Å². The Morgan fingerprint density at radius 3 is 1.89 bits per heavy atom. The van der Waals surface area contributed by atoms with E-state index in [0.717, 1.165) is 0 Å². The number of para-hydroxylation sites is 3. The smallest absolute Gasteiger partial charge is 0.333 e. The molecule has 8 aromatic carbocycles. The Morgan fingerprint density at radius 2 is 1.12 bits per heavy atom. The second-order valence-corrected chi connectivity index (χ2v) is 17.6. The Balaban J connectivity index is 1.32. The third-order valence-corrected chi connectivity index (χ3v) is 14.2. The first-order valence-electron chi connectivity index (χ1n) is 20.2. The first-order valence-corrected chi connectivity index (χ1v) is 20.2. The molecule has 2 nitrogen and oxygen atoms in total. The van der Waals surface area contributed by atoms with Gasteiger partial charge in [0.25, 0.3) is 0 Å². The minimum Gasteiger partial charge on any atom is -0.376 e. The first-order chi connectivity index (χ1) is 27.4. The average Bonchev–Trinajstić information content (AvgIpc) is 3.60. The van der Waals surface area contributed by atoms with Crippen LogP contribution in [-0.4, -0.2) is 11.4 Å². The second kappa shape index (κ2) is 10.3. The fraction of sp³-hybridized carbons (Fsp3) is 0.132. The normalized spacial score (nSPS) is 15.9. The van der Waals surface area contributed by atoms with Crippen molar-refractivity contribution in [3.63, 3.8) is 0 Å². The van der Waals surface area contributed by atoms with Crippen molar-refractivity contribution in [3.8, 4) is 16.8 Å². The molecule has 5 heterocycles. The van der Waals surface area contributed by atoms with Gasteiger partial charge in [-0.25, -0.2) is 0 Å². The molecular weight excluding hydrogens is 675 g/mol. The summed E-state index contributed by atoms with van der Waals surface area (Å²) < 4.78 is 2.74. The molecule has 0 amide bonds. The molecule has 3 heteroatoms. The molecule has 1 aromatic heterocycles. The topological polar surface area (TPSA) is 8.17 Å². The number of hydrogen-bond acceptors (Lipinski definition) is 1. The van der Waals surface area contributed by atoms with Gasteiger partial charge in [0, 0.05) is 50.1 Å². The van der Waals surface area contributed by atoms with Crippen molar-refractivity contribution in [2.45, 2.75) is 44.4 Å². The predicted molar refractivity (Wildman–Crippen MR) is 235 cm³/mol. The van der Waals surface area contributed by atoms with Gasteiger partial charge in [-0.05, 0) is 84.4 Å². The van der Waals surface area contributed by atoms with Gasteiger partial charge in [-0.1, -0.05) is 167 Å². The molecule has 0 atom stereocenters. The highest BCUT2D eigenvalue weighted by molar-refractivity contribution is 6.94. The van der Waals surface area contributed by atoms with E-state index < -0.39 is 0 Å². The fourth-order valence-electron chi connectivity index (χ4n) is 11.8. The second-order valence-electron chi connectivity index (χ2n) is 17.6. The van der Waals surface area contributed by atoms with Crippen LogP contribution >= 0.6 is 0 Å². The standard InChI is InChI=1S/C53H39BN2/c1-52(2)38-24-13-14-28-43(38)56-48-35(23-15-25-39(48)52)36-30-37(44(31-17-7-5-8-18-31)32-19-9-6-10-20-32)46-45-34-22-12-11-21-33(34)29-41-50(45)55-49-40(53(41,3)4)26-16-27-42(49)54(56)47(36)51(46)55/h5-30,44H,1-4H3. The van der Waals surface area contributed by atoms with E-state index >= 15 is 0 Å². The predicted octanol–water partition coefficient (Wildman–Crippen LogP) is 11.6. The van der Waals surface area contributed by atoms with Crippen molar-refractivity contribution in [3.05, 3.63) is 197 Å². The summed E-state index contributed by atoms with van der Waals surface area (Å²) in [5, 5.41) is 5.41. The number of benzene rings is 8. The molecule has 264 valence electrons. The Bertz CT molecular complexity index is 3170. The molecule has 9 aromatic rings. The van der Waals surface area contributed by atoms with Gasteiger partial charge in [0.15, 0.2) is 0 Å². The van der Waals surface area contributed by atoms with Crippen LogP contribution in [0.25, 0.3) is 49.4 Å². The molecule has 0 bridgehead atoms. The third-order valence-electron chi connectivity index (χ3n) is 14.2. The highest BCUT2D eigenvalue weighted by atomic mass is 15.1. The molecule has 0 aliphatic carbocycles. The number of aromatic nitrogens is 1. The fourth-order valence-corrected chi connectivity index (χ4v) is 11.8. The lowest BCUT2D eigenvalue weighted by Crippen LogP contribution is -2.62. The zero-order chi connectivity index (χ0) is 37.2. The summed E-state index contributed by atoms with van der Waals surface area (Å²) in [5.41, 5.74) is 21.6. The summed E-state index contributed by atoms with van der Waals surface area (Å²) >= 11 is 0. The molecular formula is C53H39BN2. The SMILES string of the molecule is CC1(C)c2ccccc2N2B3c4cccc5c4-n4c6c3c(cc(C(c3ccccc3)c3ccccc3)c6c3c6ccccc6cc(c34)C5(C)C)-c3cccc1c32. The van der Waals surface area contributed by atoms with E-state index in [9.17, 15) is 0 Å². The highest BCUT2D eigenvalue weighted by Crippen LogP contribution is 2.58. The Labute approximate surface area is 327 Å². The summed E-state index contributed by atoms with van der Waals surface area (Å²) in [6.45, 7) is 9.76. The van der Waals surface area contributed by atoms with Crippen LogP contribution in [0, 0.1) is 0 Å². The molecule has 0 radical (unpaired) electrons. The van der Waals surface area contributed by atoms with E-state index in [2.05, 4.69) is 195 Å². The lowest BCUT2D eigenvalue weighted by molar-refractivity contribution is 0.631. The van der Waals surface area contributed by atoms with Crippen LogP contribution in [0.5, 0.6) is 0 Å². The molecule has 13 rings (SSSR count). The maximum atomic E-state index is 2.75. The van der Waals surface area contributed by atoms with Crippen molar-refractivity contribution in [2.75, 3.05) is 4.81 Å². The first kappa shape index (κ1) is 30.9. The summed E-state index contributed by atoms with van der Waals surface area (Å²) in [4.78, 5) is 2.75. The number of fused-ring (bicyclic) bond motifs is 8. The number of hydrogen-bond donors (Lipinski definition) is 0. The summed E-state index contributed by atoms with van der Waals surface area (Å²) in [7, 11) is 0. The quantitative estimate of drug-likeness (QED) is 0.131. The van der Waals surface area contributed by atoms with Gasteiger partial charge < -0.3 is 9.38 Å². The monoisotopic (exact) mass is 714 g/mol. The van der Waals surface area contributed by atoms with Gasteiger partial charge in [-0.15, -0.1) is 0 Å². The van der Waals surface area contributed by atoms with Gasteiger partial charge in [-0.2, -0.15) is 0 Å². The van der Waals surface area contributed by atoms with Crippen molar-refractivity contribution < 1.29 is 0 Å². The highest BCUT2D eigenvalue weighted by Gasteiger charge is 2.52. The molecule has 0 N–H and O–H groups in total. The van der Waals surface area contributed by atoms with Crippen LogP contribution in [0.1, 0.15) is 72.6 Å². The van der Waals surface area contributed by atoms with E-state index in [0.29, 0.717) is 0 Å². The summed E-state index contributed by atoms with van der Waals surface area (Å²) in [6, 6.07) is 60.3. The van der Waals surface area contributed by atoms with E-state index in [1.54, 1.807) is 0 Å². The average molecular weight is 715 g/mol. The molecule has 56 heavy (non-hydrogen) atoms. The Hall–Kier alpha value is -6.32. The molecule has 0 unspecified atom stereocenters. The lowest BCUT2D eigenvalue weighted by Gasteiger charge is -2.50. The van der Waals surface area contributed by atoms with Crippen LogP contribution in [0.4, 0.5) is 11.4 Å². The molecule has 4 aliphatic rings. The minimum atomic E-state index is -0.212. The molecule has 0 spiro atoms. The van der Waals surface area contributed by atoms with Crippen LogP contribution in [0.2, 0.25) is 0 Å². The molecule has 0 fully saturated rings. The summed E-state index contributed by atoms with van der Waals surface area (Å²) in [6.07, 6.45) is 0. The number of anilines is 2. The Kier molecular flexibility index (Phi) is 5.69.